The zero-order chi connectivity index (χ0) is 15.2. The van der Waals surface area contributed by atoms with Crippen LogP contribution in [0.25, 0.3) is 0 Å². The largest absolute Gasteiger partial charge is 0.351 e. The summed E-state index contributed by atoms with van der Waals surface area (Å²) >= 11 is 0. The number of amides is 1. The van der Waals surface area contributed by atoms with Crippen LogP contribution in [0, 0.1) is 5.82 Å². The van der Waals surface area contributed by atoms with Crippen molar-refractivity contribution >= 4 is 5.91 Å². The molecular formula is C18H23FN2O. The highest BCUT2D eigenvalue weighted by atomic mass is 19.1. The molecule has 2 saturated heterocycles. The zero-order valence-electron chi connectivity index (χ0n) is 12.9. The van der Waals surface area contributed by atoms with Crippen molar-refractivity contribution in [3.8, 4) is 0 Å². The molecule has 22 heavy (non-hydrogen) atoms. The number of nitrogens with zero attached hydrogens (tertiary/aromatic N) is 1. The molecule has 0 bridgehead atoms. The number of halogens is 1. The van der Waals surface area contributed by atoms with E-state index in [1.165, 1.54) is 37.9 Å². The molecule has 3 aliphatic rings. The summed E-state index contributed by atoms with van der Waals surface area (Å²) in [4.78, 5) is 15.4. The Morgan fingerprint density at radius 3 is 2.64 bits per heavy atom. The van der Waals surface area contributed by atoms with E-state index in [4.69, 9.17) is 0 Å². The SMILES string of the molecule is O=C(N[C@H]1CCN2CCCC[C@H]12)C1(c2ccc(F)cc2)CC1. The fraction of sp³-hybridized carbons (Fsp3) is 0.611. The summed E-state index contributed by atoms with van der Waals surface area (Å²) in [5, 5.41) is 3.32. The highest BCUT2D eigenvalue weighted by Gasteiger charge is 2.52. The fourth-order valence-electron chi connectivity index (χ4n) is 4.26. The number of rotatable bonds is 3. The number of piperidine rings is 1. The number of hydrogen-bond acceptors (Lipinski definition) is 2. The minimum atomic E-state index is -0.393. The average Bonchev–Trinajstić information content (AvgIpc) is 3.26. The average molecular weight is 302 g/mol. The molecular weight excluding hydrogens is 279 g/mol. The first-order valence-corrected chi connectivity index (χ1v) is 8.50. The summed E-state index contributed by atoms with van der Waals surface area (Å²) in [5.41, 5.74) is 0.570. The topological polar surface area (TPSA) is 32.3 Å². The number of benzene rings is 1. The Labute approximate surface area is 130 Å². The zero-order valence-corrected chi connectivity index (χ0v) is 12.9. The normalized spacial score (nSPS) is 29.9. The summed E-state index contributed by atoms with van der Waals surface area (Å²) in [6, 6.07) is 7.28. The fourth-order valence-corrected chi connectivity index (χ4v) is 4.26. The quantitative estimate of drug-likeness (QED) is 0.931. The van der Waals surface area contributed by atoms with Crippen LogP contribution in [0.4, 0.5) is 4.39 Å². The lowest BCUT2D eigenvalue weighted by Gasteiger charge is -2.33. The number of fused-ring (bicyclic) bond motifs is 1. The lowest BCUT2D eigenvalue weighted by Crippen LogP contribution is -2.49. The second-order valence-electron chi connectivity index (χ2n) is 7.06. The van der Waals surface area contributed by atoms with Crippen molar-refractivity contribution in [2.45, 2.75) is 56.0 Å². The Morgan fingerprint density at radius 1 is 1.14 bits per heavy atom. The van der Waals surface area contributed by atoms with Gasteiger partial charge in [0.05, 0.1) is 5.41 Å². The lowest BCUT2D eigenvalue weighted by molar-refractivity contribution is -0.124. The molecule has 4 heteroatoms. The number of hydrogen-bond donors (Lipinski definition) is 1. The maximum atomic E-state index is 13.1. The maximum Gasteiger partial charge on any atom is 0.230 e. The molecule has 0 spiro atoms. The first kappa shape index (κ1) is 14.2. The van der Waals surface area contributed by atoms with E-state index in [0.717, 1.165) is 31.4 Å². The van der Waals surface area contributed by atoms with Crippen molar-refractivity contribution < 1.29 is 9.18 Å². The molecule has 1 N–H and O–H groups in total. The molecule has 3 nitrogen and oxygen atoms in total. The molecule has 1 aliphatic carbocycles. The van der Waals surface area contributed by atoms with Gasteiger partial charge in [-0.25, -0.2) is 4.39 Å². The second-order valence-corrected chi connectivity index (χ2v) is 7.06. The Kier molecular flexibility index (Phi) is 3.44. The standard InChI is InChI=1S/C18H23FN2O/c19-14-6-4-13(5-7-14)18(9-10-18)17(22)20-15-8-12-21-11-2-1-3-16(15)21/h4-7,15-16H,1-3,8-12H2,(H,20,22)/t15-,16+/m0/s1. The molecule has 1 aromatic rings. The Morgan fingerprint density at radius 2 is 1.91 bits per heavy atom. The van der Waals surface area contributed by atoms with Gasteiger partial charge in [-0.1, -0.05) is 18.6 Å². The Hall–Kier alpha value is -1.42. The van der Waals surface area contributed by atoms with Crippen LogP contribution in [0.5, 0.6) is 0 Å². The third-order valence-corrected chi connectivity index (χ3v) is 5.75. The van der Waals surface area contributed by atoms with Crippen molar-refractivity contribution in [1.82, 2.24) is 10.2 Å². The van der Waals surface area contributed by atoms with Gasteiger partial charge in [0, 0.05) is 18.6 Å². The van der Waals surface area contributed by atoms with Gasteiger partial charge in [-0.2, -0.15) is 0 Å². The first-order valence-electron chi connectivity index (χ1n) is 8.50. The summed E-state index contributed by atoms with van der Waals surface area (Å²) in [5.74, 6) is -0.0925. The summed E-state index contributed by atoms with van der Waals surface area (Å²) < 4.78 is 13.1. The van der Waals surface area contributed by atoms with Gasteiger partial charge in [-0.3, -0.25) is 9.69 Å². The second kappa shape index (κ2) is 5.34. The molecule has 2 aliphatic heterocycles. The maximum absolute atomic E-state index is 13.1. The van der Waals surface area contributed by atoms with E-state index in [9.17, 15) is 9.18 Å². The monoisotopic (exact) mass is 302 g/mol. The summed E-state index contributed by atoms with van der Waals surface area (Å²) in [6.07, 6.45) is 6.59. The predicted molar refractivity (Wildman–Crippen MR) is 83.1 cm³/mol. The van der Waals surface area contributed by atoms with Crippen LogP contribution in [0.3, 0.4) is 0 Å². The van der Waals surface area contributed by atoms with E-state index >= 15 is 0 Å². The Bertz CT molecular complexity index is 567. The predicted octanol–water partition coefficient (Wildman–Crippen LogP) is 2.60. The summed E-state index contributed by atoms with van der Waals surface area (Å²) in [6.45, 7) is 2.29. The van der Waals surface area contributed by atoms with Gasteiger partial charge >= 0.3 is 0 Å². The third kappa shape index (κ3) is 2.34. The van der Waals surface area contributed by atoms with Crippen molar-refractivity contribution in [3.05, 3.63) is 35.6 Å². The number of carbonyl (C=O) groups is 1. The molecule has 0 aromatic heterocycles. The smallest absolute Gasteiger partial charge is 0.230 e. The van der Waals surface area contributed by atoms with Gasteiger partial charge in [-0.15, -0.1) is 0 Å². The van der Waals surface area contributed by atoms with E-state index in [0.29, 0.717) is 12.1 Å². The Balaban J connectivity index is 1.47. The molecule has 0 unspecified atom stereocenters. The van der Waals surface area contributed by atoms with Gasteiger partial charge in [0.15, 0.2) is 0 Å². The van der Waals surface area contributed by atoms with Crippen LogP contribution in [-0.4, -0.2) is 36.0 Å². The van der Waals surface area contributed by atoms with Crippen LogP contribution in [0.2, 0.25) is 0 Å². The van der Waals surface area contributed by atoms with Crippen molar-refractivity contribution in [3.63, 3.8) is 0 Å². The molecule has 2 atom stereocenters. The van der Waals surface area contributed by atoms with Crippen molar-refractivity contribution in [2.75, 3.05) is 13.1 Å². The van der Waals surface area contributed by atoms with E-state index in [-0.39, 0.29) is 11.7 Å². The van der Waals surface area contributed by atoms with Crippen LogP contribution in [-0.2, 0) is 10.2 Å². The third-order valence-electron chi connectivity index (χ3n) is 5.75. The van der Waals surface area contributed by atoms with Gasteiger partial charge in [0.25, 0.3) is 0 Å². The van der Waals surface area contributed by atoms with Gasteiger partial charge in [0.1, 0.15) is 5.82 Å². The lowest BCUT2D eigenvalue weighted by atomic mass is 9.93. The van der Waals surface area contributed by atoms with Crippen LogP contribution >= 0.6 is 0 Å². The van der Waals surface area contributed by atoms with Crippen molar-refractivity contribution in [2.24, 2.45) is 0 Å². The molecule has 4 rings (SSSR count). The van der Waals surface area contributed by atoms with Crippen molar-refractivity contribution in [1.29, 1.82) is 0 Å². The van der Waals surface area contributed by atoms with E-state index in [1.807, 2.05) is 0 Å². The highest BCUT2D eigenvalue weighted by molar-refractivity contribution is 5.91. The molecule has 118 valence electrons. The minimum Gasteiger partial charge on any atom is -0.351 e. The van der Waals surface area contributed by atoms with Gasteiger partial charge < -0.3 is 5.32 Å². The molecule has 0 radical (unpaired) electrons. The van der Waals surface area contributed by atoms with Crippen LogP contribution in [0.15, 0.2) is 24.3 Å². The molecule has 2 heterocycles. The molecule has 1 amide bonds. The molecule has 1 aromatic carbocycles. The van der Waals surface area contributed by atoms with Crippen LogP contribution in [0.1, 0.15) is 44.1 Å². The summed E-state index contributed by atoms with van der Waals surface area (Å²) in [7, 11) is 0. The first-order chi connectivity index (χ1) is 10.7. The van der Waals surface area contributed by atoms with Crippen LogP contribution < -0.4 is 5.32 Å². The van der Waals surface area contributed by atoms with E-state index in [2.05, 4.69) is 10.2 Å². The molecule has 3 fully saturated rings. The van der Waals surface area contributed by atoms with E-state index < -0.39 is 5.41 Å². The highest BCUT2D eigenvalue weighted by Crippen LogP contribution is 2.48. The molecule has 1 saturated carbocycles. The number of nitrogens with one attached hydrogen (secondary N) is 1. The van der Waals surface area contributed by atoms with E-state index in [1.54, 1.807) is 12.1 Å². The minimum absolute atomic E-state index is 0.150. The van der Waals surface area contributed by atoms with Gasteiger partial charge in [-0.05, 0) is 56.3 Å². The number of carbonyl (C=O) groups excluding carboxylic acids is 1. The van der Waals surface area contributed by atoms with Gasteiger partial charge in [0.2, 0.25) is 5.91 Å².